The minimum atomic E-state index is -0.277. The lowest BCUT2D eigenvalue weighted by atomic mass is 10.1. The second-order valence-corrected chi connectivity index (χ2v) is 6.37. The zero-order valence-electron chi connectivity index (χ0n) is 11.0. The molecule has 0 unspecified atom stereocenters. The molecule has 21 heavy (non-hydrogen) atoms. The molecule has 0 aliphatic carbocycles. The van der Waals surface area contributed by atoms with Crippen LogP contribution in [-0.4, -0.2) is 4.98 Å². The third-order valence-electron chi connectivity index (χ3n) is 3.07. The fourth-order valence-electron chi connectivity index (χ4n) is 2.07. The van der Waals surface area contributed by atoms with E-state index in [-0.39, 0.29) is 5.82 Å². The van der Waals surface area contributed by atoms with Crippen molar-refractivity contribution < 1.29 is 4.39 Å². The van der Waals surface area contributed by atoms with Crippen molar-refractivity contribution >= 4 is 27.3 Å². The summed E-state index contributed by atoms with van der Waals surface area (Å²) >= 11 is 4.80. The normalized spacial score (nSPS) is 10.8. The average Bonchev–Trinajstić information content (AvgIpc) is 2.96. The van der Waals surface area contributed by atoms with Gasteiger partial charge >= 0.3 is 0 Å². The van der Waals surface area contributed by atoms with E-state index in [2.05, 4.69) is 20.9 Å². The van der Waals surface area contributed by atoms with Gasteiger partial charge in [-0.3, -0.25) is 0 Å². The summed E-state index contributed by atoms with van der Waals surface area (Å²) in [6.45, 7) is 0.502. The fourth-order valence-corrected chi connectivity index (χ4v) is 3.36. The lowest BCUT2D eigenvalue weighted by Crippen LogP contribution is -1.95. The van der Waals surface area contributed by atoms with Gasteiger partial charge in [-0.1, -0.05) is 34.1 Å². The molecule has 0 fully saturated rings. The summed E-state index contributed by atoms with van der Waals surface area (Å²) in [5.41, 5.74) is 9.40. The van der Waals surface area contributed by atoms with Crippen LogP contribution in [0.15, 0.2) is 52.3 Å². The van der Waals surface area contributed by atoms with E-state index in [1.54, 1.807) is 0 Å². The summed E-state index contributed by atoms with van der Waals surface area (Å²) in [4.78, 5) is 4.60. The van der Waals surface area contributed by atoms with Gasteiger partial charge in [0.25, 0.3) is 0 Å². The van der Waals surface area contributed by atoms with E-state index in [9.17, 15) is 4.39 Å². The molecule has 0 spiro atoms. The second-order valence-electron chi connectivity index (χ2n) is 4.60. The lowest BCUT2D eigenvalue weighted by Gasteiger charge is -2.01. The zero-order chi connectivity index (χ0) is 14.8. The zero-order valence-corrected chi connectivity index (χ0v) is 13.4. The molecule has 1 heterocycles. The lowest BCUT2D eigenvalue weighted by molar-refractivity contribution is 0.627. The molecule has 0 aliphatic rings. The van der Waals surface area contributed by atoms with Crippen LogP contribution in [0.3, 0.4) is 0 Å². The van der Waals surface area contributed by atoms with Crippen LogP contribution in [0.25, 0.3) is 21.8 Å². The van der Waals surface area contributed by atoms with Crippen LogP contribution in [0.2, 0.25) is 0 Å². The van der Waals surface area contributed by atoms with E-state index in [0.29, 0.717) is 11.0 Å². The molecule has 2 aromatic carbocycles. The molecular weight excluding hydrogens is 351 g/mol. The Balaban J connectivity index is 1.99. The van der Waals surface area contributed by atoms with Crippen molar-refractivity contribution in [1.29, 1.82) is 0 Å². The Morgan fingerprint density at radius 1 is 1.14 bits per heavy atom. The molecule has 0 saturated carbocycles. The SMILES string of the molecule is NCc1cccc(-c2csc(-c3cc(F)cc(Br)c3)n2)c1. The van der Waals surface area contributed by atoms with Gasteiger partial charge in [-0.25, -0.2) is 9.37 Å². The van der Waals surface area contributed by atoms with Crippen LogP contribution in [0, 0.1) is 5.82 Å². The molecule has 2 nitrogen and oxygen atoms in total. The predicted molar refractivity (Wildman–Crippen MR) is 88.5 cm³/mol. The molecule has 0 amide bonds. The number of hydrogen-bond acceptors (Lipinski definition) is 3. The first-order chi connectivity index (χ1) is 10.2. The summed E-state index contributed by atoms with van der Waals surface area (Å²) in [6.07, 6.45) is 0. The highest BCUT2D eigenvalue weighted by Crippen LogP contribution is 2.31. The van der Waals surface area contributed by atoms with E-state index in [4.69, 9.17) is 5.73 Å². The molecule has 106 valence electrons. The van der Waals surface area contributed by atoms with Gasteiger partial charge in [0, 0.05) is 27.5 Å². The van der Waals surface area contributed by atoms with E-state index in [0.717, 1.165) is 27.4 Å². The number of nitrogens with zero attached hydrogens (tertiary/aromatic N) is 1. The van der Waals surface area contributed by atoms with Crippen molar-refractivity contribution in [3.8, 4) is 21.8 Å². The van der Waals surface area contributed by atoms with Crippen LogP contribution >= 0.6 is 27.3 Å². The number of nitrogens with two attached hydrogens (primary N) is 1. The van der Waals surface area contributed by atoms with Crippen LogP contribution in [0.4, 0.5) is 4.39 Å². The van der Waals surface area contributed by atoms with Crippen molar-refractivity contribution in [3.63, 3.8) is 0 Å². The molecular formula is C16H12BrFN2S. The standard InChI is InChI=1S/C16H12BrFN2S/c17-13-5-12(6-14(18)7-13)16-20-15(9-21-16)11-3-1-2-10(4-11)8-19/h1-7,9H,8,19H2. The minimum absolute atomic E-state index is 0.277. The average molecular weight is 363 g/mol. The summed E-state index contributed by atoms with van der Waals surface area (Å²) in [6, 6.07) is 12.8. The Kier molecular flexibility index (Phi) is 4.14. The van der Waals surface area contributed by atoms with Crippen LogP contribution in [0.5, 0.6) is 0 Å². The fraction of sp³-hybridized carbons (Fsp3) is 0.0625. The summed E-state index contributed by atoms with van der Waals surface area (Å²) in [5.74, 6) is -0.277. The molecule has 3 rings (SSSR count). The molecule has 0 radical (unpaired) electrons. The maximum Gasteiger partial charge on any atom is 0.125 e. The van der Waals surface area contributed by atoms with Crippen molar-refractivity contribution in [2.24, 2.45) is 5.73 Å². The van der Waals surface area contributed by atoms with E-state index < -0.39 is 0 Å². The third-order valence-corrected chi connectivity index (χ3v) is 4.42. The molecule has 0 atom stereocenters. The van der Waals surface area contributed by atoms with Crippen molar-refractivity contribution in [3.05, 3.63) is 63.7 Å². The highest BCUT2D eigenvalue weighted by atomic mass is 79.9. The molecule has 5 heteroatoms. The highest BCUT2D eigenvalue weighted by Gasteiger charge is 2.09. The summed E-state index contributed by atoms with van der Waals surface area (Å²) in [5, 5.41) is 2.77. The molecule has 0 bridgehead atoms. The third kappa shape index (κ3) is 3.20. The largest absolute Gasteiger partial charge is 0.326 e. The first kappa shape index (κ1) is 14.4. The number of aromatic nitrogens is 1. The Morgan fingerprint density at radius 2 is 2.00 bits per heavy atom. The first-order valence-corrected chi connectivity index (χ1v) is 8.04. The number of hydrogen-bond donors (Lipinski definition) is 1. The minimum Gasteiger partial charge on any atom is -0.326 e. The Labute approximate surface area is 134 Å². The summed E-state index contributed by atoms with van der Waals surface area (Å²) in [7, 11) is 0. The number of thiazole rings is 1. The van der Waals surface area contributed by atoms with Gasteiger partial charge in [-0.15, -0.1) is 11.3 Å². The smallest absolute Gasteiger partial charge is 0.125 e. The van der Waals surface area contributed by atoms with Crippen LogP contribution in [-0.2, 0) is 6.54 Å². The van der Waals surface area contributed by atoms with Gasteiger partial charge in [0.2, 0.25) is 0 Å². The molecule has 2 N–H and O–H groups in total. The van der Waals surface area contributed by atoms with Gasteiger partial charge in [-0.05, 0) is 29.8 Å². The van der Waals surface area contributed by atoms with Gasteiger partial charge in [0.05, 0.1) is 5.69 Å². The van der Waals surface area contributed by atoms with Gasteiger partial charge < -0.3 is 5.73 Å². The topological polar surface area (TPSA) is 38.9 Å². The van der Waals surface area contributed by atoms with E-state index in [1.807, 2.05) is 35.7 Å². The molecule has 0 aliphatic heterocycles. The Morgan fingerprint density at radius 3 is 2.76 bits per heavy atom. The van der Waals surface area contributed by atoms with Gasteiger partial charge in [0.1, 0.15) is 10.8 Å². The van der Waals surface area contributed by atoms with E-state index in [1.165, 1.54) is 23.5 Å². The van der Waals surface area contributed by atoms with Crippen molar-refractivity contribution in [2.75, 3.05) is 0 Å². The molecule has 1 aromatic heterocycles. The van der Waals surface area contributed by atoms with E-state index >= 15 is 0 Å². The maximum atomic E-state index is 13.5. The second kappa shape index (κ2) is 6.05. The monoisotopic (exact) mass is 362 g/mol. The van der Waals surface area contributed by atoms with Crippen molar-refractivity contribution in [2.45, 2.75) is 6.54 Å². The predicted octanol–water partition coefficient (Wildman–Crippen LogP) is 4.84. The number of benzene rings is 2. The van der Waals surface area contributed by atoms with Crippen LogP contribution < -0.4 is 5.73 Å². The molecule has 3 aromatic rings. The molecule has 0 saturated heterocycles. The van der Waals surface area contributed by atoms with Crippen LogP contribution in [0.1, 0.15) is 5.56 Å². The first-order valence-electron chi connectivity index (χ1n) is 6.37. The number of rotatable bonds is 3. The quantitative estimate of drug-likeness (QED) is 0.723. The Bertz CT molecular complexity index is 765. The number of halogens is 2. The highest BCUT2D eigenvalue weighted by molar-refractivity contribution is 9.10. The summed E-state index contributed by atoms with van der Waals surface area (Å²) < 4.78 is 14.2. The maximum absolute atomic E-state index is 13.5. The van der Waals surface area contributed by atoms with Gasteiger partial charge in [-0.2, -0.15) is 0 Å². The van der Waals surface area contributed by atoms with Crippen molar-refractivity contribution in [1.82, 2.24) is 4.98 Å². The Hall–Kier alpha value is -1.56. The van der Waals surface area contributed by atoms with Gasteiger partial charge in [0.15, 0.2) is 0 Å².